The Morgan fingerprint density at radius 1 is 1.40 bits per heavy atom. The lowest BCUT2D eigenvalue weighted by molar-refractivity contribution is -0.144. The van der Waals surface area contributed by atoms with E-state index < -0.39 is 0 Å². The molecule has 0 atom stereocenters. The number of ether oxygens (including phenoxy) is 2. The molecule has 4 nitrogen and oxygen atoms in total. The van der Waals surface area contributed by atoms with Gasteiger partial charge in [0.2, 0.25) is 0 Å². The maximum Gasteiger partial charge on any atom is 0.319 e. The average molecular weight is 217 g/mol. The van der Waals surface area contributed by atoms with Gasteiger partial charge in [-0.25, -0.2) is 0 Å². The molecular formula is C11H23NO3. The summed E-state index contributed by atoms with van der Waals surface area (Å²) in [5.41, 5.74) is -0.225. The Hall–Kier alpha value is -0.610. The molecule has 0 fully saturated rings. The highest BCUT2D eigenvalue weighted by molar-refractivity contribution is 5.71. The second-order valence-corrected chi connectivity index (χ2v) is 4.11. The van der Waals surface area contributed by atoms with E-state index in [9.17, 15) is 4.79 Å². The standard InChI is InChI=1S/C11H23NO3/c1-5-7-12-9-10(13)15-8-6-11(2,3)14-4/h12H,5-9H2,1-4H3. The Morgan fingerprint density at radius 2 is 2.07 bits per heavy atom. The monoisotopic (exact) mass is 217 g/mol. The van der Waals surface area contributed by atoms with E-state index in [-0.39, 0.29) is 11.6 Å². The van der Waals surface area contributed by atoms with Gasteiger partial charge in [-0.15, -0.1) is 0 Å². The van der Waals surface area contributed by atoms with Gasteiger partial charge in [0.15, 0.2) is 0 Å². The van der Waals surface area contributed by atoms with Crippen LogP contribution in [-0.2, 0) is 14.3 Å². The van der Waals surface area contributed by atoms with Crippen LogP contribution in [0.3, 0.4) is 0 Å². The lowest BCUT2D eigenvalue weighted by Gasteiger charge is -2.22. The first-order valence-corrected chi connectivity index (χ1v) is 5.43. The van der Waals surface area contributed by atoms with E-state index in [0.717, 1.165) is 13.0 Å². The van der Waals surface area contributed by atoms with Crippen LogP contribution in [0.4, 0.5) is 0 Å². The quantitative estimate of drug-likeness (QED) is 0.492. The smallest absolute Gasteiger partial charge is 0.319 e. The number of hydrogen-bond acceptors (Lipinski definition) is 4. The molecule has 0 unspecified atom stereocenters. The Bertz CT molecular complexity index is 181. The van der Waals surface area contributed by atoms with Gasteiger partial charge >= 0.3 is 5.97 Å². The summed E-state index contributed by atoms with van der Waals surface area (Å²) >= 11 is 0. The van der Waals surface area contributed by atoms with Crippen molar-refractivity contribution in [2.45, 2.75) is 39.2 Å². The molecular weight excluding hydrogens is 194 g/mol. The third kappa shape index (κ3) is 8.39. The first kappa shape index (κ1) is 14.4. The zero-order valence-electron chi connectivity index (χ0n) is 10.3. The summed E-state index contributed by atoms with van der Waals surface area (Å²) in [4.78, 5) is 11.2. The van der Waals surface area contributed by atoms with Crippen molar-refractivity contribution in [1.29, 1.82) is 0 Å². The van der Waals surface area contributed by atoms with Crippen LogP contribution in [0.15, 0.2) is 0 Å². The van der Waals surface area contributed by atoms with E-state index in [1.807, 2.05) is 13.8 Å². The third-order valence-corrected chi connectivity index (χ3v) is 2.22. The number of esters is 1. The van der Waals surface area contributed by atoms with Gasteiger partial charge in [-0.05, 0) is 26.8 Å². The Balaban J connectivity index is 3.46. The lowest BCUT2D eigenvalue weighted by Crippen LogP contribution is -2.28. The highest BCUT2D eigenvalue weighted by Crippen LogP contribution is 2.12. The van der Waals surface area contributed by atoms with Gasteiger partial charge in [0.05, 0.1) is 18.8 Å². The molecule has 0 saturated carbocycles. The summed E-state index contributed by atoms with van der Waals surface area (Å²) in [5.74, 6) is -0.199. The molecule has 15 heavy (non-hydrogen) atoms. The van der Waals surface area contributed by atoms with Crippen LogP contribution in [0.25, 0.3) is 0 Å². The fourth-order valence-electron chi connectivity index (χ4n) is 0.931. The summed E-state index contributed by atoms with van der Waals surface area (Å²) in [6, 6.07) is 0. The summed E-state index contributed by atoms with van der Waals surface area (Å²) in [5, 5.41) is 2.99. The van der Waals surface area contributed by atoms with Crippen LogP contribution < -0.4 is 5.32 Å². The fraction of sp³-hybridized carbons (Fsp3) is 0.909. The maximum atomic E-state index is 11.2. The van der Waals surface area contributed by atoms with Gasteiger partial charge < -0.3 is 14.8 Å². The maximum absolute atomic E-state index is 11.2. The molecule has 0 aliphatic heterocycles. The van der Waals surface area contributed by atoms with Crippen molar-refractivity contribution < 1.29 is 14.3 Å². The van der Waals surface area contributed by atoms with Crippen LogP contribution in [0.5, 0.6) is 0 Å². The van der Waals surface area contributed by atoms with Gasteiger partial charge in [0.25, 0.3) is 0 Å². The molecule has 4 heteroatoms. The molecule has 0 aromatic heterocycles. The van der Waals surface area contributed by atoms with Gasteiger partial charge in [0.1, 0.15) is 0 Å². The lowest BCUT2D eigenvalue weighted by atomic mass is 10.1. The Labute approximate surface area is 92.3 Å². The van der Waals surface area contributed by atoms with Crippen molar-refractivity contribution in [3.63, 3.8) is 0 Å². The van der Waals surface area contributed by atoms with Crippen LogP contribution in [0.2, 0.25) is 0 Å². The molecule has 0 spiro atoms. The molecule has 0 aliphatic carbocycles. The summed E-state index contributed by atoms with van der Waals surface area (Å²) < 4.78 is 10.3. The first-order valence-electron chi connectivity index (χ1n) is 5.43. The number of rotatable bonds is 8. The van der Waals surface area contributed by atoms with Crippen molar-refractivity contribution in [3.05, 3.63) is 0 Å². The Kier molecular flexibility index (Phi) is 7.34. The second-order valence-electron chi connectivity index (χ2n) is 4.11. The minimum atomic E-state index is -0.225. The minimum absolute atomic E-state index is 0.199. The van der Waals surface area contributed by atoms with Crippen molar-refractivity contribution in [2.24, 2.45) is 0 Å². The van der Waals surface area contributed by atoms with Gasteiger partial charge in [-0.3, -0.25) is 4.79 Å². The minimum Gasteiger partial charge on any atom is -0.465 e. The predicted octanol–water partition coefficient (Wildman–Crippen LogP) is 1.34. The van der Waals surface area contributed by atoms with Gasteiger partial charge in [0, 0.05) is 13.5 Å². The fourth-order valence-corrected chi connectivity index (χ4v) is 0.931. The number of carbonyl (C=O) groups is 1. The van der Waals surface area contributed by atoms with E-state index in [1.54, 1.807) is 7.11 Å². The molecule has 0 radical (unpaired) electrons. The molecule has 0 bridgehead atoms. The summed E-state index contributed by atoms with van der Waals surface area (Å²) in [7, 11) is 1.66. The first-order chi connectivity index (χ1) is 7.02. The average Bonchev–Trinajstić information content (AvgIpc) is 2.18. The van der Waals surface area contributed by atoms with E-state index in [2.05, 4.69) is 12.2 Å². The molecule has 0 heterocycles. The zero-order chi connectivity index (χ0) is 11.7. The second kappa shape index (κ2) is 7.65. The molecule has 0 aromatic carbocycles. The van der Waals surface area contributed by atoms with Gasteiger partial charge in [-0.1, -0.05) is 6.92 Å². The highest BCUT2D eigenvalue weighted by atomic mass is 16.5. The number of nitrogens with one attached hydrogen (secondary N) is 1. The topological polar surface area (TPSA) is 47.6 Å². The molecule has 0 amide bonds. The van der Waals surface area contributed by atoms with E-state index in [4.69, 9.17) is 9.47 Å². The number of carbonyl (C=O) groups excluding carboxylic acids is 1. The van der Waals surface area contributed by atoms with E-state index in [1.165, 1.54) is 0 Å². The molecule has 90 valence electrons. The summed E-state index contributed by atoms with van der Waals surface area (Å²) in [6.45, 7) is 7.54. The van der Waals surface area contributed by atoms with Crippen molar-refractivity contribution >= 4 is 5.97 Å². The third-order valence-electron chi connectivity index (χ3n) is 2.22. The van der Waals surface area contributed by atoms with Gasteiger partial charge in [-0.2, -0.15) is 0 Å². The molecule has 0 aliphatic rings. The van der Waals surface area contributed by atoms with E-state index in [0.29, 0.717) is 19.6 Å². The van der Waals surface area contributed by atoms with Crippen molar-refractivity contribution in [3.8, 4) is 0 Å². The van der Waals surface area contributed by atoms with Crippen LogP contribution in [-0.4, -0.2) is 38.4 Å². The SMILES string of the molecule is CCCNCC(=O)OCCC(C)(C)OC. The van der Waals surface area contributed by atoms with Crippen molar-refractivity contribution in [1.82, 2.24) is 5.32 Å². The predicted molar refractivity (Wildman–Crippen MR) is 59.8 cm³/mol. The van der Waals surface area contributed by atoms with Crippen LogP contribution >= 0.6 is 0 Å². The van der Waals surface area contributed by atoms with Crippen molar-refractivity contribution in [2.75, 3.05) is 26.8 Å². The Morgan fingerprint density at radius 3 is 2.60 bits per heavy atom. The largest absolute Gasteiger partial charge is 0.465 e. The highest BCUT2D eigenvalue weighted by Gasteiger charge is 2.16. The number of hydrogen-bond donors (Lipinski definition) is 1. The normalized spacial score (nSPS) is 11.5. The number of methoxy groups -OCH3 is 1. The molecule has 1 N–H and O–H groups in total. The van der Waals surface area contributed by atoms with Crippen LogP contribution in [0.1, 0.15) is 33.6 Å². The molecule has 0 rings (SSSR count). The molecule has 0 aromatic rings. The van der Waals surface area contributed by atoms with Crippen LogP contribution in [0, 0.1) is 0 Å². The zero-order valence-corrected chi connectivity index (χ0v) is 10.3. The molecule has 0 saturated heterocycles. The summed E-state index contributed by atoms with van der Waals surface area (Å²) in [6.07, 6.45) is 1.73. The van der Waals surface area contributed by atoms with E-state index >= 15 is 0 Å².